The van der Waals surface area contributed by atoms with Gasteiger partial charge in [0.1, 0.15) is 5.75 Å². The zero-order chi connectivity index (χ0) is 24.7. The summed E-state index contributed by atoms with van der Waals surface area (Å²) < 4.78 is 6.98. The monoisotopic (exact) mass is 479 g/mol. The Balaban J connectivity index is 1.66. The number of nitrogens with one attached hydrogen (secondary N) is 2. The highest BCUT2D eigenvalue weighted by atomic mass is 32.2. The second-order valence-corrected chi connectivity index (χ2v) is 8.82. The number of nitrogens with zero attached hydrogens (tertiary/aromatic N) is 3. The summed E-state index contributed by atoms with van der Waals surface area (Å²) in [5, 5.41) is 15.0. The van der Waals surface area contributed by atoms with Gasteiger partial charge in [-0.15, -0.1) is 16.8 Å². The molecule has 1 atom stereocenters. The summed E-state index contributed by atoms with van der Waals surface area (Å²) in [5.41, 5.74) is 3.46. The SMILES string of the molecule is C=CCn1c(SCC(=O)Nc2cc(C)cc(C)c2)nnc1C(C)NC(=O)c1ccc(OC)cc1. The summed E-state index contributed by atoms with van der Waals surface area (Å²) in [5.74, 6) is 1.07. The van der Waals surface area contributed by atoms with Crippen molar-refractivity contribution < 1.29 is 14.3 Å². The van der Waals surface area contributed by atoms with Crippen LogP contribution in [0.3, 0.4) is 0 Å². The van der Waals surface area contributed by atoms with Gasteiger partial charge in [-0.25, -0.2) is 0 Å². The van der Waals surface area contributed by atoms with E-state index in [0.717, 1.165) is 16.8 Å². The van der Waals surface area contributed by atoms with E-state index in [0.29, 0.717) is 28.8 Å². The number of aryl methyl sites for hydroxylation is 2. The van der Waals surface area contributed by atoms with Crippen molar-refractivity contribution in [2.45, 2.75) is 38.5 Å². The fourth-order valence-corrected chi connectivity index (χ4v) is 4.24. The molecule has 34 heavy (non-hydrogen) atoms. The molecule has 3 rings (SSSR count). The minimum atomic E-state index is -0.402. The van der Waals surface area contributed by atoms with Crippen molar-refractivity contribution in [1.82, 2.24) is 20.1 Å². The van der Waals surface area contributed by atoms with Gasteiger partial charge in [-0.1, -0.05) is 23.9 Å². The van der Waals surface area contributed by atoms with Crippen molar-refractivity contribution in [1.29, 1.82) is 0 Å². The van der Waals surface area contributed by atoms with E-state index in [2.05, 4.69) is 33.5 Å². The first kappa shape index (κ1) is 25.0. The lowest BCUT2D eigenvalue weighted by molar-refractivity contribution is -0.113. The van der Waals surface area contributed by atoms with Crippen molar-refractivity contribution in [2.75, 3.05) is 18.2 Å². The number of ether oxygens (including phenoxy) is 1. The Morgan fingerprint density at radius 2 is 1.82 bits per heavy atom. The predicted molar refractivity (Wildman–Crippen MR) is 134 cm³/mol. The van der Waals surface area contributed by atoms with Gasteiger partial charge in [0, 0.05) is 17.8 Å². The smallest absolute Gasteiger partial charge is 0.251 e. The van der Waals surface area contributed by atoms with Gasteiger partial charge in [0.15, 0.2) is 11.0 Å². The van der Waals surface area contributed by atoms with E-state index in [4.69, 9.17) is 4.74 Å². The maximum absolute atomic E-state index is 12.7. The van der Waals surface area contributed by atoms with Crippen LogP contribution in [0.15, 0.2) is 60.3 Å². The predicted octanol–water partition coefficient (Wildman–Crippen LogP) is 4.31. The Morgan fingerprint density at radius 1 is 1.15 bits per heavy atom. The molecule has 2 amide bonds. The highest BCUT2D eigenvalue weighted by Gasteiger charge is 2.20. The minimum absolute atomic E-state index is 0.134. The Labute approximate surface area is 203 Å². The van der Waals surface area contributed by atoms with Crippen molar-refractivity contribution in [2.24, 2.45) is 0 Å². The van der Waals surface area contributed by atoms with Gasteiger partial charge in [-0.05, 0) is 68.3 Å². The molecular weight excluding hydrogens is 450 g/mol. The lowest BCUT2D eigenvalue weighted by Crippen LogP contribution is -2.28. The van der Waals surface area contributed by atoms with Gasteiger partial charge in [-0.3, -0.25) is 9.59 Å². The molecule has 1 unspecified atom stereocenters. The third kappa shape index (κ3) is 6.48. The van der Waals surface area contributed by atoms with Gasteiger partial charge in [-0.2, -0.15) is 0 Å². The fraction of sp³-hybridized carbons (Fsp3) is 0.280. The number of benzene rings is 2. The van der Waals surface area contributed by atoms with Crippen LogP contribution in [0.25, 0.3) is 0 Å². The van der Waals surface area contributed by atoms with Crippen LogP contribution in [0.1, 0.15) is 40.3 Å². The summed E-state index contributed by atoms with van der Waals surface area (Å²) in [4.78, 5) is 25.1. The first-order chi connectivity index (χ1) is 16.3. The average Bonchev–Trinajstić information content (AvgIpc) is 3.20. The number of thioether (sulfide) groups is 1. The highest BCUT2D eigenvalue weighted by Crippen LogP contribution is 2.22. The van der Waals surface area contributed by atoms with Crippen molar-refractivity contribution in [3.8, 4) is 5.75 Å². The average molecular weight is 480 g/mol. The van der Waals surface area contributed by atoms with Crippen LogP contribution < -0.4 is 15.4 Å². The molecule has 0 fully saturated rings. The molecule has 8 nitrogen and oxygen atoms in total. The second-order valence-electron chi connectivity index (χ2n) is 7.88. The molecule has 0 saturated heterocycles. The Hall–Kier alpha value is -3.59. The Morgan fingerprint density at radius 3 is 2.44 bits per heavy atom. The standard InChI is InChI=1S/C25H29N5O3S/c1-6-11-30-23(18(4)26-24(32)19-7-9-21(33-5)10-8-19)28-29-25(30)34-15-22(31)27-20-13-16(2)12-17(3)14-20/h6-10,12-14,18H,1,11,15H2,2-5H3,(H,26,32)(H,27,31). The van der Waals surface area contributed by atoms with Crippen LogP contribution in [0.4, 0.5) is 5.69 Å². The molecule has 0 aliphatic heterocycles. The molecule has 178 valence electrons. The number of carbonyl (C=O) groups excluding carboxylic acids is 2. The van der Waals surface area contributed by atoms with Crippen LogP contribution in [0, 0.1) is 13.8 Å². The summed E-state index contributed by atoms with van der Waals surface area (Å²) >= 11 is 1.28. The van der Waals surface area contributed by atoms with Crippen LogP contribution in [-0.4, -0.2) is 39.4 Å². The molecule has 1 heterocycles. The summed E-state index contributed by atoms with van der Waals surface area (Å²) in [7, 11) is 1.58. The maximum atomic E-state index is 12.7. The molecule has 0 aliphatic carbocycles. The third-order valence-corrected chi connectivity index (χ3v) is 5.95. The van der Waals surface area contributed by atoms with Crippen LogP contribution in [0.2, 0.25) is 0 Å². The van der Waals surface area contributed by atoms with Gasteiger partial charge in [0.25, 0.3) is 5.91 Å². The van der Waals surface area contributed by atoms with Crippen molar-refractivity contribution >= 4 is 29.3 Å². The van der Waals surface area contributed by atoms with Crippen molar-refractivity contribution in [3.05, 3.63) is 77.6 Å². The largest absolute Gasteiger partial charge is 0.497 e. The molecule has 0 radical (unpaired) electrons. The third-order valence-electron chi connectivity index (χ3n) is 4.98. The van der Waals surface area contributed by atoms with E-state index < -0.39 is 6.04 Å². The molecule has 0 spiro atoms. The van der Waals surface area contributed by atoms with Gasteiger partial charge < -0.3 is 19.9 Å². The lowest BCUT2D eigenvalue weighted by atomic mass is 10.1. The molecular formula is C25H29N5O3S. The number of carbonyl (C=O) groups is 2. The molecule has 3 aromatic rings. The Bertz CT molecular complexity index is 1150. The van der Waals surface area contributed by atoms with Crippen LogP contribution >= 0.6 is 11.8 Å². The molecule has 2 aromatic carbocycles. The number of hydrogen-bond acceptors (Lipinski definition) is 6. The van der Waals surface area contributed by atoms with E-state index in [1.54, 1.807) is 37.5 Å². The first-order valence-electron chi connectivity index (χ1n) is 10.8. The van der Waals surface area contributed by atoms with E-state index in [1.807, 2.05) is 37.5 Å². The molecule has 1 aromatic heterocycles. The van der Waals surface area contributed by atoms with E-state index in [-0.39, 0.29) is 17.6 Å². The number of amides is 2. The Kier molecular flexibility index (Phi) is 8.48. The number of allylic oxidation sites excluding steroid dienone is 1. The zero-order valence-electron chi connectivity index (χ0n) is 19.8. The van der Waals surface area contributed by atoms with Crippen LogP contribution in [-0.2, 0) is 11.3 Å². The molecule has 0 bridgehead atoms. The second kappa shape index (κ2) is 11.5. The zero-order valence-corrected chi connectivity index (χ0v) is 20.6. The minimum Gasteiger partial charge on any atom is -0.497 e. The fourth-order valence-electron chi connectivity index (χ4n) is 3.49. The number of rotatable bonds is 10. The quantitative estimate of drug-likeness (QED) is 0.332. The normalized spacial score (nSPS) is 11.5. The van der Waals surface area contributed by atoms with E-state index >= 15 is 0 Å². The van der Waals surface area contributed by atoms with Crippen molar-refractivity contribution in [3.63, 3.8) is 0 Å². The number of anilines is 1. The van der Waals surface area contributed by atoms with Gasteiger partial charge in [0.05, 0.1) is 18.9 Å². The summed E-state index contributed by atoms with van der Waals surface area (Å²) in [6, 6.07) is 12.4. The lowest BCUT2D eigenvalue weighted by Gasteiger charge is -2.15. The van der Waals surface area contributed by atoms with E-state index in [1.165, 1.54) is 11.8 Å². The topological polar surface area (TPSA) is 98.1 Å². The molecule has 9 heteroatoms. The number of hydrogen-bond donors (Lipinski definition) is 2. The number of methoxy groups -OCH3 is 1. The highest BCUT2D eigenvalue weighted by molar-refractivity contribution is 7.99. The van der Waals surface area contributed by atoms with E-state index in [9.17, 15) is 9.59 Å². The molecule has 2 N–H and O–H groups in total. The summed E-state index contributed by atoms with van der Waals surface area (Å²) in [6.45, 7) is 10.1. The van der Waals surface area contributed by atoms with Crippen LogP contribution in [0.5, 0.6) is 5.75 Å². The first-order valence-corrected chi connectivity index (χ1v) is 11.8. The number of aromatic nitrogens is 3. The summed E-state index contributed by atoms with van der Waals surface area (Å²) in [6.07, 6.45) is 1.73. The maximum Gasteiger partial charge on any atom is 0.251 e. The molecule has 0 aliphatic rings. The molecule has 0 saturated carbocycles. The van der Waals surface area contributed by atoms with Gasteiger partial charge in [0.2, 0.25) is 5.91 Å². The van der Waals surface area contributed by atoms with Gasteiger partial charge >= 0.3 is 0 Å².